The molecule has 2 fully saturated rings. The number of carbonyl (C=O) groups excluding carboxylic acids is 2. The summed E-state index contributed by atoms with van der Waals surface area (Å²) in [5.74, 6) is 1.32. The van der Waals surface area contributed by atoms with E-state index in [1.54, 1.807) is 0 Å². The van der Waals surface area contributed by atoms with Gasteiger partial charge < -0.3 is 0 Å². The van der Waals surface area contributed by atoms with Gasteiger partial charge in [-0.2, -0.15) is 0 Å². The topological polar surface area (TPSA) is 34.1 Å². The van der Waals surface area contributed by atoms with Crippen LogP contribution in [0.25, 0.3) is 0 Å². The molecule has 2 atom stereocenters. The van der Waals surface area contributed by atoms with Crippen LogP contribution in [0.1, 0.15) is 25.7 Å². The second kappa shape index (κ2) is 1.91. The SMILES string of the molecule is O=C1CCC2CC(=O)C2C1. The summed E-state index contributed by atoms with van der Waals surface area (Å²) in [6, 6.07) is 0. The van der Waals surface area contributed by atoms with E-state index < -0.39 is 0 Å². The summed E-state index contributed by atoms with van der Waals surface area (Å²) in [7, 11) is 0. The predicted octanol–water partition coefficient (Wildman–Crippen LogP) is 0.945. The van der Waals surface area contributed by atoms with Crippen molar-refractivity contribution in [3.63, 3.8) is 0 Å². The molecular weight excluding hydrogens is 128 g/mol. The fraction of sp³-hybridized carbons (Fsp3) is 0.750. The van der Waals surface area contributed by atoms with Crippen molar-refractivity contribution >= 4 is 11.6 Å². The minimum Gasteiger partial charge on any atom is -0.300 e. The quantitative estimate of drug-likeness (QED) is 0.499. The monoisotopic (exact) mass is 138 g/mol. The zero-order chi connectivity index (χ0) is 7.14. The first-order valence-electron chi connectivity index (χ1n) is 3.82. The Morgan fingerprint density at radius 2 is 2.00 bits per heavy atom. The number of carbonyl (C=O) groups is 2. The highest BCUT2D eigenvalue weighted by molar-refractivity contribution is 5.93. The molecule has 0 aromatic rings. The van der Waals surface area contributed by atoms with Crippen molar-refractivity contribution < 1.29 is 9.59 Å². The zero-order valence-electron chi connectivity index (χ0n) is 5.80. The number of Topliss-reactive ketones (excluding diaryl/α,β-unsaturated/α-hetero) is 2. The van der Waals surface area contributed by atoms with Crippen LogP contribution in [0.4, 0.5) is 0 Å². The van der Waals surface area contributed by atoms with Crippen LogP contribution >= 0.6 is 0 Å². The van der Waals surface area contributed by atoms with Gasteiger partial charge in [-0.15, -0.1) is 0 Å². The zero-order valence-corrected chi connectivity index (χ0v) is 5.80. The highest BCUT2D eigenvalue weighted by Crippen LogP contribution is 2.40. The average Bonchev–Trinajstić information content (AvgIpc) is 1.92. The molecule has 2 rings (SSSR count). The first-order valence-corrected chi connectivity index (χ1v) is 3.82. The molecule has 2 heteroatoms. The molecule has 2 nitrogen and oxygen atoms in total. The molecule has 0 amide bonds. The van der Waals surface area contributed by atoms with E-state index in [1.807, 2.05) is 0 Å². The Morgan fingerprint density at radius 3 is 2.60 bits per heavy atom. The Kier molecular flexibility index (Phi) is 1.16. The minimum atomic E-state index is 0.140. The van der Waals surface area contributed by atoms with Crippen LogP contribution in [0.2, 0.25) is 0 Å². The van der Waals surface area contributed by atoms with Crippen LogP contribution in [-0.2, 0) is 9.59 Å². The Labute approximate surface area is 59.6 Å². The second-order valence-electron chi connectivity index (χ2n) is 3.32. The smallest absolute Gasteiger partial charge is 0.137 e. The molecule has 2 unspecified atom stereocenters. The van der Waals surface area contributed by atoms with Crippen molar-refractivity contribution in [2.24, 2.45) is 11.8 Å². The van der Waals surface area contributed by atoms with Crippen LogP contribution in [0, 0.1) is 11.8 Å². The molecule has 0 aromatic carbocycles. The van der Waals surface area contributed by atoms with Gasteiger partial charge in [-0.05, 0) is 12.3 Å². The standard InChI is InChI=1S/C8H10O2/c9-6-2-1-5-3-8(10)7(5)4-6/h5,7H,1-4H2. The van der Waals surface area contributed by atoms with E-state index in [1.165, 1.54) is 0 Å². The molecule has 0 heterocycles. The fourth-order valence-electron chi connectivity index (χ4n) is 1.93. The first kappa shape index (κ1) is 6.08. The van der Waals surface area contributed by atoms with Crippen molar-refractivity contribution in [3.05, 3.63) is 0 Å². The normalized spacial score (nSPS) is 38.8. The average molecular weight is 138 g/mol. The third kappa shape index (κ3) is 0.713. The lowest BCUT2D eigenvalue weighted by molar-refractivity contribution is -0.142. The second-order valence-corrected chi connectivity index (χ2v) is 3.32. The molecule has 0 saturated heterocycles. The highest BCUT2D eigenvalue weighted by atomic mass is 16.1. The fourth-order valence-corrected chi connectivity index (χ4v) is 1.93. The van der Waals surface area contributed by atoms with Gasteiger partial charge in [0.2, 0.25) is 0 Å². The summed E-state index contributed by atoms with van der Waals surface area (Å²) >= 11 is 0. The maximum atomic E-state index is 10.9. The molecular formula is C8H10O2. The summed E-state index contributed by atoms with van der Waals surface area (Å²) in [5.41, 5.74) is 0. The lowest BCUT2D eigenvalue weighted by Crippen LogP contribution is -2.41. The van der Waals surface area contributed by atoms with E-state index in [0.29, 0.717) is 24.5 Å². The number of ketones is 2. The molecule has 54 valence electrons. The van der Waals surface area contributed by atoms with Crippen LogP contribution in [0.3, 0.4) is 0 Å². The van der Waals surface area contributed by atoms with Crippen molar-refractivity contribution in [2.75, 3.05) is 0 Å². The molecule has 0 bridgehead atoms. The molecule has 0 aliphatic heterocycles. The Balaban J connectivity index is 2.07. The van der Waals surface area contributed by atoms with E-state index in [9.17, 15) is 9.59 Å². The van der Waals surface area contributed by atoms with Gasteiger partial charge in [-0.1, -0.05) is 0 Å². The largest absolute Gasteiger partial charge is 0.300 e. The summed E-state index contributed by atoms with van der Waals surface area (Å²) in [5, 5.41) is 0. The third-order valence-corrected chi connectivity index (χ3v) is 2.69. The van der Waals surface area contributed by atoms with Crippen molar-refractivity contribution in [3.8, 4) is 0 Å². The van der Waals surface area contributed by atoms with E-state index in [2.05, 4.69) is 0 Å². The van der Waals surface area contributed by atoms with Gasteiger partial charge in [0, 0.05) is 25.2 Å². The van der Waals surface area contributed by atoms with E-state index in [4.69, 9.17) is 0 Å². The summed E-state index contributed by atoms with van der Waals surface area (Å²) in [6.07, 6.45) is 2.98. The molecule has 2 saturated carbocycles. The van der Waals surface area contributed by atoms with Gasteiger partial charge in [0.1, 0.15) is 11.6 Å². The van der Waals surface area contributed by atoms with Gasteiger partial charge in [0.15, 0.2) is 0 Å². The van der Waals surface area contributed by atoms with Crippen LogP contribution in [0.5, 0.6) is 0 Å². The Hall–Kier alpha value is -0.660. The van der Waals surface area contributed by atoms with Crippen LogP contribution in [-0.4, -0.2) is 11.6 Å². The minimum absolute atomic E-state index is 0.140. The molecule has 2 aliphatic rings. The van der Waals surface area contributed by atoms with Gasteiger partial charge in [-0.3, -0.25) is 9.59 Å². The summed E-state index contributed by atoms with van der Waals surface area (Å²) < 4.78 is 0. The van der Waals surface area contributed by atoms with Crippen LogP contribution in [0.15, 0.2) is 0 Å². The summed E-state index contributed by atoms with van der Waals surface area (Å²) in [4.78, 5) is 21.7. The molecule has 0 spiro atoms. The van der Waals surface area contributed by atoms with E-state index in [-0.39, 0.29) is 11.7 Å². The Morgan fingerprint density at radius 1 is 1.20 bits per heavy atom. The van der Waals surface area contributed by atoms with Gasteiger partial charge in [0.25, 0.3) is 0 Å². The van der Waals surface area contributed by atoms with E-state index in [0.717, 1.165) is 12.8 Å². The molecule has 0 radical (unpaired) electrons. The lowest BCUT2D eigenvalue weighted by Gasteiger charge is -2.37. The van der Waals surface area contributed by atoms with E-state index >= 15 is 0 Å². The summed E-state index contributed by atoms with van der Waals surface area (Å²) in [6.45, 7) is 0. The van der Waals surface area contributed by atoms with Crippen molar-refractivity contribution in [1.29, 1.82) is 0 Å². The predicted molar refractivity (Wildman–Crippen MR) is 35.5 cm³/mol. The maximum absolute atomic E-state index is 10.9. The lowest BCUT2D eigenvalue weighted by atomic mass is 9.64. The number of fused-ring (bicyclic) bond motifs is 1. The van der Waals surface area contributed by atoms with Crippen LogP contribution < -0.4 is 0 Å². The van der Waals surface area contributed by atoms with Gasteiger partial charge >= 0.3 is 0 Å². The number of hydrogen-bond acceptors (Lipinski definition) is 2. The highest BCUT2D eigenvalue weighted by Gasteiger charge is 2.42. The first-order chi connectivity index (χ1) is 4.77. The molecule has 0 aromatic heterocycles. The number of rotatable bonds is 0. The third-order valence-electron chi connectivity index (χ3n) is 2.69. The Bertz CT molecular complexity index is 189. The maximum Gasteiger partial charge on any atom is 0.137 e. The van der Waals surface area contributed by atoms with Crippen molar-refractivity contribution in [1.82, 2.24) is 0 Å². The van der Waals surface area contributed by atoms with Gasteiger partial charge in [-0.25, -0.2) is 0 Å². The molecule has 0 N–H and O–H groups in total. The van der Waals surface area contributed by atoms with Gasteiger partial charge in [0.05, 0.1) is 0 Å². The number of hydrogen-bond donors (Lipinski definition) is 0. The molecule has 2 aliphatic carbocycles. The molecule has 10 heavy (non-hydrogen) atoms. The van der Waals surface area contributed by atoms with Crippen molar-refractivity contribution in [2.45, 2.75) is 25.7 Å².